The standard InChI is InChI=1S/C16H25N3O2/c1-3-18(4-2)16(20)13-17-14-5-7-15(8-6-14)19-9-11-21-12-10-19/h5-8,17H,3-4,9-13H2,1-2H3. The number of nitrogens with one attached hydrogen (secondary N) is 1. The van der Waals surface area contributed by atoms with Crippen molar-refractivity contribution in [2.45, 2.75) is 13.8 Å². The molecule has 1 amide bonds. The van der Waals surface area contributed by atoms with Crippen molar-refractivity contribution in [2.75, 3.05) is 56.2 Å². The lowest BCUT2D eigenvalue weighted by Gasteiger charge is -2.29. The second-order valence-electron chi connectivity index (χ2n) is 5.07. The normalized spacial score (nSPS) is 14.9. The number of hydrogen-bond donors (Lipinski definition) is 1. The van der Waals surface area contributed by atoms with E-state index in [1.165, 1.54) is 5.69 Å². The van der Waals surface area contributed by atoms with Crippen molar-refractivity contribution in [1.29, 1.82) is 0 Å². The van der Waals surface area contributed by atoms with E-state index in [1.807, 2.05) is 30.9 Å². The molecule has 2 rings (SSSR count). The summed E-state index contributed by atoms with van der Waals surface area (Å²) >= 11 is 0. The molecule has 1 fully saturated rings. The van der Waals surface area contributed by atoms with Gasteiger partial charge in [-0.05, 0) is 38.1 Å². The minimum absolute atomic E-state index is 0.136. The molecule has 0 radical (unpaired) electrons. The van der Waals surface area contributed by atoms with Crippen LogP contribution in [0.2, 0.25) is 0 Å². The molecular weight excluding hydrogens is 266 g/mol. The van der Waals surface area contributed by atoms with E-state index in [-0.39, 0.29) is 5.91 Å². The highest BCUT2D eigenvalue weighted by atomic mass is 16.5. The third kappa shape index (κ3) is 4.36. The molecule has 1 N–H and O–H groups in total. The topological polar surface area (TPSA) is 44.8 Å². The van der Waals surface area contributed by atoms with Gasteiger partial charge in [0.2, 0.25) is 5.91 Å². The summed E-state index contributed by atoms with van der Waals surface area (Å²) in [6.07, 6.45) is 0. The number of morpholine rings is 1. The van der Waals surface area contributed by atoms with Gasteiger partial charge in [0.05, 0.1) is 19.8 Å². The summed E-state index contributed by atoms with van der Waals surface area (Å²) in [7, 11) is 0. The lowest BCUT2D eigenvalue weighted by atomic mass is 10.2. The van der Waals surface area contributed by atoms with Crippen molar-refractivity contribution in [3.8, 4) is 0 Å². The smallest absolute Gasteiger partial charge is 0.241 e. The highest BCUT2D eigenvalue weighted by Gasteiger charge is 2.11. The molecule has 1 aliphatic heterocycles. The van der Waals surface area contributed by atoms with Crippen LogP contribution in [-0.4, -0.2) is 56.7 Å². The Kier molecular flexibility index (Phi) is 5.87. The summed E-state index contributed by atoms with van der Waals surface area (Å²) in [4.78, 5) is 16.1. The van der Waals surface area contributed by atoms with Crippen LogP contribution in [0.4, 0.5) is 11.4 Å². The Bertz CT molecular complexity index is 437. The number of likely N-dealkylation sites (N-methyl/N-ethyl adjacent to an activating group) is 1. The van der Waals surface area contributed by atoms with Crippen molar-refractivity contribution in [1.82, 2.24) is 4.90 Å². The van der Waals surface area contributed by atoms with E-state index in [9.17, 15) is 4.79 Å². The molecule has 0 aromatic heterocycles. The van der Waals surface area contributed by atoms with Crippen LogP contribution in [0.5, 0.6) is 0 Å². The Hall–Kier alpha value is -1.75. The molecule has 1 aromatic carbocycles. The number of hydrogen-bond acceptors (Lipinski definition) is 4. The number of ether oxygens (including phenoxy) is 1. The maximum absolute atomic E-state index is 11.9. The average molecular weight is 291 g/mol. The molecule has 0 spiro atoms. The van der Waals surface area contributed by atoms with E-state index in [0.717, 1.165) is 45.1 Å². The number of nitrogens with zero attached hydrogens (tertiary/aromatic N) is 2. The summed E-state index contributed by atoms with van der Waals surface area (Å²) < 4.78 is 5.36. The van der Waals surface area contributed by atoms with Gasteiger partial charge in [0, 0.05) is 37.6 Å². The van der Waals surface area contributed by atoms with Crippen LogP contribution in [-0.2, 0) is 9.53 Å². The van der Waals surface area contributed by atoms with Gasteiger partial charge in [-0.2, -0.15) is 0 Å². The summed E-state index contributed by atoms with van der Waals surface area (Å²) in [6.45, 7) is 9.31. The number of carbonyl (C=O) groups excluding carboxylic acids is 1. The van der Waals surface area contributed by atoms with Crippen LogP contribution in [0.1, 0.15) is 13.8 Å². The molecule has 1 heterocycles. The SMILES string of the molecule is CCN(CC)C(=O)CNc1ccc(N2CCOCC2)cc1. The number of anilines is 2. The van der Waals surface area contributed by atoms with Crippen molar-refractivity contribution in [3.05, 3.63) is 24.3 Å². The summed E-state index contributed by atoms with van der Waals surface area (Å²) in [5, 5.41) is 3.19. The molecule has 21 heavy (non-hydrogen) atoms. The third-order valence-electron chi connectivity index (χ3n) is 3.80. The Balaban J connectivity index is 1.86. The van der Waals surface area contributed by atoms with E-state index >= 15 is 0 Å². The Labute approximate surface area is 126 Å². The van der Waals surface area contributed by atoms with E-state index in [4.69, 9.17) is 4.74 Å². The number of rotatable bonds is 6. The minimum atomic E-state index is 0.136. The molecule has 0 saturated carbocycles. The van der Waals surface area contributed by atoms with Gasteiger partial charge in [-0.3, -0.25) is 4.79 Å². The molecular formula is C16H25N3O2. The van der Waals surface area contributed by atoms with Crippen molar-refractivity contribution in [3.63, 3.8) is 0 Å². The fourth-order valence-electron chi connectivity index (χ4n) is 2.48. The predicted molar refractivity (Wildman–Crippen MR) is 85.9 cm³/mol. The van der Waals surface area contributed by atoms with Crippen LogP contribution in [0.3, 0.4) is 0 Å². The molecule has 116 valence electrons. The van der Waals surface area contributed by atoms with Crippen molar-refractivity contribution >= 4 is 17.3 Å². The first-order valence-corrected chi connectivity index (χ1v) is 7.69. The van der Waals surface area contributed by atoms with Gasteiger partial charge in [0.1, 0.15) is 0 Å². The Morgan fingerprint density at radius 2 is 1.81 bits per heavy atom. The number of benzene rings is 1. The molecule has 0 bridgehead atoms. The second kappa shape index (κ2) is 7.88. The van der Waals surface area contributed by atoms with Gasteiger partial charge in [0.25, 0.3) is 0 Å². The van der Waals surface area contributed by atoms with E-state index in [1.54, 1.807) is 0 Å². The summed E-state index contributed by atoms with van der Waals surface area (Å²) in [6, 6.07) is 8.24. The number of amides is 1. The lowest BCUT2D eigenvalue weighted by molar-refractivity contribution is -0.128. The molecule has 0 aliphatic carbocycles. The minimum Gasteiger partial charge on any atom is -0.378 e. The van der Waals surface area contributed by atoms with Gasteiger partial charge in [-0.25, -0.2) is 0 Å². The third-order valence-corrected chi connectivity index (χ3v) is 3.80. The van der Waals surface area contributed by atoms with Gasteiger partial charge in [-0.1, -0.05) is 0 Å². The second-order valence-corrected chi connectivity index (χ2v) is 5.07. The summed E-state index contributed by atoms with van der Waals surface area (Å²) in [5.41, 5.74) is 2.19. The van der Waals surface area contributed by atoms with Crippen molar-refractivity contribution < 1.29 is 9.53 Å². The quantitative estimate of drug-likeness (QED) is 0.868. The molecule has 1 aromatic rings. The van der Waals surface area contributed by atoms with Gasteiger partial charge in [-0.15, -0.1) is 0 Å². The van der Waals surface area contributed by atoms with Crippen LogP contribution < -0.4 is 10.2 Å². The van der Waals surface area contributed by atoms with Crippen molar-refractivity contribution in [2.24, 2.45) is 0 Å². The first-order chi connectivity index (χ1) is 10.2. The van der Waals surface area contributed by atoms with Gasteiger partial charge >= 0.3 is 0 Å². The van der Waals surface area contributed by atoms with Crippen LogP contribution >= 0.6 is 0 Å². The summed E-state index contributed by atoms with van der Waals surface area (Å²) in [5.74, 6) is 0.136. The highest BCUT2D eigenvalue weighted by molar-refractivity contribution is 5.80. The maximum Gasteiger partial charge on any atom is 0.241 e. The highest BCUT2D eigenvalue weighted by Crippen LogP contribution is 2.18. The molecule has 0 atom stereocenters. The Morgan fingerprint density at radius 3 is 2.38 bits per heavy atom. The van der Waals surface area contributed by atoms with Gasteiger partial charge < -0.3 is 19.9 Å². The zero-order valence-corrected chi connectivity index (χ0v) is 13.0. The monoisotopic (exact) mass is 291 g/mol. The molecule has 1 aliphatic rings. The van der Waals surface area contributed by atoms with Crippen LogP contribution in [0.15, 0.2) is 24.3 Å². The maximum atomic E-state index is 11.9. The number of carbonyl (C=O) groups is 1. The first-order valence-electron chi connectivity index (χ1n) is 7.69. The predicted octanol–water partition coefficient (Wildman–Crippen LogP) is 1.80. The largest absolute Gasteiger partial charge is 0.378 e. The molecule has 0 unspecified atom stereocenters. The fraction of sp³-hybridized carbons (Fsp3) is 0.562. The van der Waals surface area contributed by atoms with Crippen LogP contribution in [0, 0.1) is 0 Å². The fourth-order valence-corrected chi connectivity index (χ4v) is 2.48. The van der Waals surface area contributed by atoms with Crippen LogP contribution in [0.25, 0.3) is 0 Å². The average Bonchev–Trinajstić information content (AvgIpc) is 2.55. The van der Waals surface area contributed by atoms with E-state index < -0.39 is 0 Å². The molecule has 1 saturated heterocycles. The zero-order valence-electron chi connectivity index (χ0n) is 13.0. The molecule has 5 heteroatoms. The zero-order chi connectivity index (χ0) is 15.1. The Morgan fingerprint density at radius 1 is 1.19 bits per heavy atom. The van der Waals surface area contributed by atoms with E-state index in [2.05, 4.69) is 22.3 Å². The first kappa shape index (κ1) is 15.6. The lowest BCUT2D eigenvalue weighted by Crippen LogP contribution is -2.36. The molecule has 5 nitrogen and oxygen atoms in total. The van der Waals surface area contributed by atoms with E-state index in [0.29, 0.717) is 6.54 Å². The van der Waals surface area contributed by atoms with Gasteiger partial charge in [0.15, 0.2) is 0 Å².